The van der Waals surface area contributed by atoms with Crippen molar-refractivity contribution >= 4 is 17.6 Å². The van der Waals surface area contributed by atoms with Crippen molar-refractivity contribution in [2.45, 2.75) is 58.4 Å². The Hall–Kier alpha value is -2.18. The predicted molar refractivity (Wildman–Crippen MR) is 107 cm³/mol. The number of hydrogen-bond donors (Lipinski definition) is 0. The van der Waals surface area contributed by atoms with Crippen molar-refractivity contribution in [1.82, 2.24) is 19.8 Å². The summed E-state index contributed by atoms with van der Waals surface area (Å²) in [6.07, 6.45) is 7.62. The Bertz CT molecular complexity index is 738. The monoisotopic (exact) mass is 385 g/mol. The molecule has 0 bridgehead atoms. The first-order chi connectivity index (χ1) is 13.5. The second-order valence-electron chi connectivity index (χ2n) is 8.45. The highest BCUT2D eigenvalue weighted by atomic mass is 16.2. The van der Waals surface area contributed by atoms with Crippen LogP contribution in [0.2, 0.25) is 0 Å². The van der Waals surface area contributed by atoms with Crippen LogP contribution in [0, 0.1) is 19.8 Å². The molecular formula is C21H31N5O2. The zero-order chi connectivity index (χ0) is 19.7. The molecule has 2 saturated heterocycles. The largest absolute Gasteiger partial charge is 0.352 e. The van der Waals surface area contributed by atoms with Crippen molar-refractivity contribution in [3.8, 4) is 0 Å². The highest BCUT2D eigenvalue weighted by Gasteiger charge is 2.37. The van der Waals surface area contributed by atoms with E-state index < -0.39 is 0 Å². The summed E-state index contributed by atoms with van der Waals surface area (Å²) in [7, 11) is 0. The Balaban J connectivity index is 1.36. The molecule has 7 heteroatoms. The third-order valence-corrected chi connectivity index (χ3v) is 6.50. The number of aromatic nitrogens is 2. The molecule has 2 amide bonds. The smallest absolute Gasteiger partial charge is 0.227 e. The lowest BCUT2D eigenvalue weighted by molar-refractivity contribution is -0.145. The zero-order valence-corrected chi connectivity index (χ0v) is 17.1. The maximum absolute atomic E-state index is 13.1. The van der Waals surface area contributed by atoms with Gasteiger partial charge in [0.1, 0.15) is 5.82 Å². The predicted octanol–water partition coefficient (Wildman–Crippen LogP) is 1.92. The lowest BCUT2D eigenvalue weighted by Crippen LogP contribution is -2.54. The van der Waals surface area contributed by atoms with Gasteiger partial charge in [-0.05, 0) is 33.1 Å². The molecule has 2 aliphatic heterocycles. The molecule has 1 aromatic heterocycles. The summed E-state index contributed by atoms with van der Waals surface area (Å²) in [5.41, 5.74) is 1.85. The number of piperazine rings is 1. The first-order valence-corrected chi connectivity index (χ1v) is 10.7. The van der Waals surface area contributed by atoms with Gasteiger partial charge in [-0.25, -0.2) is 4.98 Å². The Labute approximate surface area is 167 Å². The number of carbonyl (C=O) groups excluding carboxylic acids is 2. The number of anilines is 1. The normalized spacial score (nSPS) is 24.1. The zero-order valence-electron chi connectivity index (χ0n) is 17.1. The van der Waals surface area contributed by atoms with Crippen LogP contribution in [0.1, 0.15) is 49.9 Å². The van der Waals surface area contributed by atoms with Gasteiger partial charge < -0.3 is 14.7 Å². The minimum atomic E-state index is -0.0367. The number of aryl methyl sites for hydroxylation is 2. The number of likely N-dealkylation sites (tertiary alicyclic amines) is 1. The van der Waals surface area contributed by atoms with Crippen LogP contribution in [0.5, 0.6) is 0 Å². The fourth-order valence-corrected chi connectivity index (χ4v) is 4.86. The molecule has 4 rings (SSSR count). The van der Waals surface area contributed by atoms with Crippen LogP contribution in [0.3, 0.4) is 0 Å². The lowest BCUT2D eigenvalue weighted by Gasteiger charge is -2.40. The van der Waals surface area contributed by atoms with Crippen LogP contribution in [0.25, 0.3) is 0 Å². The molecule has 1 aliphatic carbocycles. The number of carbonyl (C=O) groups is 2. The Morgan fingerprint density at radius 1 is 1.07 bits per heavy atom. The van der Waals surface area contributed by atoms with E-state index in [2.05, 4.69) is 14.9 Å². The summed E-state index contributed by atoms with van der Waals surface area (Å²) in [5.74, 6) is 1.37. The fourth-order valence-electron chi connectivity index (χ4n) is 4.86. The van der Waals surface area contributed by atoms with Gasteiger partial charge in [-0.15, -0.1) is 0 Å². The van der Waals surface area contributed by atoms with Gasteiger partial charge in [-0.1, -0.05) is 12.8 Å². The molecule has 3 fully saturated rings. The van der Waals surface area contributed by atoms with E-state index in [0.29, 0.717) is 38.5 Å². The quantitative estimate of drug-likeness (QED) is 0.795. The van der Waals surface area contributed by atoms with E-state index in [1.54, 1.807) is 6.20 Å². The van der Waals surface area contributed by atoms with Gasteiger partial charge in [0.25, 0.3) is 0 Å². The van der Waals surface area contributed by atoms with Crippen molar-refractivity contribution in [3.63, 3.8) is 0 Å². The maximum Gasteiger partial charge on any atom is 0.227 e. The first kappa shape index (κ1) is 19.2. The Morgan fingerprint density at radius 3 is 2.50 bits per heavy atom. The molecule has 28 heavy (non-hydrogen) atoms. The molecule has 0 aromatic carbocycles. The number of nitrogens with zero attached hydrogens (tertiary/aromatic N) is 5. The second kappa shape index (κ2) is 8.05. The summed E-state index contributed by atoms with van der Waals surface area (Å²) in [4.78, 5) is 40.8. The molecule has 0 spiro atoms. The molecule has 0 radical (unpaired) electrons. The van der Waals surface area contributed by atoms with Crippen molar-refractivity contribution in [2.75, 3.05) is 37.6 Å². The average Bonchev–Trinajstić information content (AvgIpc) is 3.24. The summed E-state index contributed by atoms with van der Waals surface area (Å²) in [6, 6.07) is 0.364. The van der Waals surface area contributed by atoms with Gasteiger partial charge in [-0.2, -0.15) is 0 Å². The van der Waals surface area contributed by atoms with Gasteiger partial charge in [0.15, 0.2) is 0 Å². The van der Waals surface area contributed by atoms with Gasteiger partial charge in [0.05, 0.1) is 17.3 Å². The van der Waals surface area contributed by atoms with E-state index >= 15 is 0 Å². The SMILES string of the molecule is Cc1cnc(C)c(N2CCN(C(=O)[C@H]3CCC(=O)N(C4CCCC4)C3)CC2)n1. The topological polar surface area (TPSA) is 69.6 Å². The van der Waals surface area contributed by atoms with E-state index in [1.165, 1.54) is 12.8 Å². The van der Waals surface area contributed by atoms with Crippen LogP contribution in [0.4, 0.5) is 5.82 Å². The van der Waals surface area contributed by atoms with Crippen LogP contribution < -0.4 is 4.90 Å². The van der Waals surface area contributed by atoms with Crippen molar-refractivity contribution in [2.24, 2.45) is 5.92 Å². The third-order valence-electron chi connectivity index (χ3n) is 6.50. The highest BCUT2D eigenvalue weighted by molar-refractivity contribution is 5.84. The summed E-state index contributed by atoms with van der Waals surface area (Å²) >= 11 is 0. The minimum absolute atomic E-state index is 0.0367. The van der Waals surface area contributed by atoms with E-state index in [1.807, 2.05) is 23.6 Å². The number of amides is 2. The molecule has 1 atom stereocenters. The molecular weight excluding hydrogens is 354 g/mol. The van der Waals surface area contributed by atoms with E-state index in [0.717, 1.165) is 43.1 Å². The molecule has 1 saturated carbocycles. The maximum atomic E-state index is 13.1. The van der Waals surface area contributed by atoms with Crippen LogP contribution in [-0.2, 0) is 9.59 Å². The number of rotatable bonds is 3. The summed E-state index contributed by atoms with van der Waals surface area (Å²) < 4.78 is 0. The molecule has 0 N–H and O–H groups in total. The van der Waals surface area contributed by atoms with Gasteiger partial charge in [0.2, 0.25) is 11.8 Å². The van der Waals surface area contributed by atoms with Gasteiger partial charge >= 0.3 is 0 Å². The van der Waals surface area contributed by atoms with E-state index in [4.69, 9.17) is 0 Å². The van der Waals surface area contributed by atoms with E-state index in [-0.39, 0.29) is 17.7 Å². The second-order valence-corrected chi connectivity index (χ2v) is 8.45. The molecule has 1 aromatic rings. The first-order valence-electron chi connectivity index (χ1n) is 10.7. The van der Waals surface area contributed by atoms with Crippen LogP contribution in [-0.4, -0.2) is 70.3 Å². The summed E-state index contributed by atoms with van der Waals surface area (Å²) in [5, 5.41) is 0. The van der Waals surface area contributed by atoms with Crippen molar-refractivity contribution < 1.29 is 9.59 Å². The fraction of sp³-hybridized carbons (Fsp3) is 0.714. The van der Waals surface area contributed by atoms with Crippen LogP contribution >= 0.6 is 0 Å². The standard InChI is InChI=1S/C21H31N5O2/c1-15-13-22-16(2)20(23-15)24-9-11-25(12-10-24)21(28)17-7-8-19(27)26(14-17)18-5-3-4-6-18/h13,17-18H,3-12,14H2,1-2H3/t17-/m0/s1. The van der Waals surface area contributed by atoms with Crippen molar-refractivity contribution in [3.05, 3.63) is 17.6 Å². The van der Waals surface area contributed by atoms with Gasteiger partial charge in [-0.3, -0.25) is 14.6 Å². The molecule has 3 aliphatic rings. The summed E-state index contributed by atoms with van der Waals surface area (Å²) in [6.45, 7) is 7.53. The minimum Gasteiger partial charge on any atom is -0.352 e. The van der Waals surface area contributed by atoms with E-state index in [9.17, 15) is 9.59 Å². The van der Waals surface area contributed by atoms with Crippen LogP contribution in [0.15, 0.2) is 6.20 Å². The Morgan fingerprint density at radius 2 is 1.79 bits per heavy atom. The highest BCUT2D eigenvalue weighted by Crippen LogP contribution is 2.29. The third kappa shape index (κ3) is 3.84. The molecule has 3 heterocycles. The Kier molecular flexibility index (Phi) is 5.51. The average molecular weight is 386 g/mol. The van der Waals surface area contributed by atoms with Crippen molar-refractivity contribution in [1.29, 1.82) is 0 Å². The number of hydrogen-bond acceptors (Lipinski definition) is 5. The molecule has 7 nitrogen and oxygen atoms in total. The number of piperidine rings is 1. The molecule has 152 valence electrons. The van der Waals surface area contributed by atoms with Gasteiger partial charge in [0, 0.05) is 51.4 Å². The lowest BCUT2D eigenvalue weighted by atomic mass is 9.94. The molecule has 0 unspecified atom stereocenters.